The zero-order chi connectivity index (χ0) is 13.5. The van der Waals surface area contributed by atoms with Crippen molar-refractivity contribution in [2.24, 2.45) is 0 Å². The van der Waals surface area contributed by atoms with Gasteiger partial charge >= 0.3 is 0 Å². The summed E-state index contributed by atoms with van der Waals surface area (Å²) in [6.07, 6.45) is 4.48. The number of benzene rings is 1. The summed E-state index contributed by atoms with van der Waals surface area (Å²) in [6.45, 7) is 4.66. The van der Waals surface area contributed by atoms with E-state index in [2.05, 4.69) is 16.9 Å². The first-order valence-corrected chi connectivity index (χ1v) is 6.35. The molecule has 100 valence electrons. The molecule has 0 radical (unpaired) electrons. The Kier molecular flexibility index (Phi) is 4.61. The fraction of sp³-hybridized carbons (Fsp3) is 0.267. The summed E-state index contributed by atoms with van der Waals surface area (Å²) in [5.41, 5.74) is 2.08. The van der Waals surface area contributed by atoms with Gasteiger partial charge < -0.3 is 15.0 Å². The van der Waals surface area contributed by atoms with Crippen molar-refractivity contribution in [1.29, 1.82) is 0 Å². The van der Waals surface area contributed by atoms with Crippen LogP contribution in [0, 0.1) is 0 Å². The summed E-state index contributed by atoms with van der Waals surface area (Å²) in [7, 11) is 0. The average molecular weight is 258 g/mol. The van der Waals surface area contributed by atoms with Crippen molar-refractivity contribution in [3.8, 4) is 0 Å². The van der Waals surface area contributed by atoms with Crippen molar-refractivity contribution in [3.63, 3.8) is 0 Å². The molecular weight excluding hydrogens is 240 g/mol. The van der Waals surface area contributed by atoms with Crippen LogP contribution < -0.4 is 5.32 Å². The van der Waals surface area contributed by atoms with Crippen LogP contribution in [0.5, 0.6) is 0 Å². The number of ether oxygens (including phenoxy) is 1. The van der Waals surface area contributed by atoms with Crippen LogP contribution in [0.2, 0.25) is 0 Å². The van der Waals surface area contributed by atoms with E-state index in [1.54, 1.807) is 0 Å². The summed E-state index contributed by atoms with van der Waals surface area (Å²) in [5.74, 6) is 0.0309. The minimum atomic E-state index is 0.0309. The number of carbonyl (C=O) groups excluding carboxylic acids is 1. The first kappa shape index (κ1) is 13.2. The molecule has 2 rings (SSSR count). The third kappa shape index (κ3) is 3.61. The van der Waals surface area contributed by atoms with Gasteiger partial charge in [-0.25, -0.2) is 0 Å². The lowest BCUT2D eigenvalue weighted by atomic mass is 10.1. The van der Waals surface area contributed by atoms with Gasteiger partial charge in [0.05, 0.1) is 19.3 Å². The zero-order valence-corrected chi connectivity index (χ0v) is 10.8. The van der Waals surface area contributed by atoms with Crippen LogP contribution >= 0.6 is 0 Å². The van der Waals surface area contributed by atoms with Gasteiger partial charge in [-0.15, -0.1) is 0 Å². The molecule has 2 N–H and O–H groups in total. The zero-order valence-electron chi connectivity index (χ0n) is 10.8. The Morgan fingerprint density at radius 1 is 1.42 bits per heavy atom. The van der Waals surface area contributed by atoms with Gasteiger partial charge in [0.15, 0.2) is 0 Å². The van der Waals surface area contributed by atoms with Gasteiger partial charge in [0.1, 0.15) is 0 Å². The predicted molar refractivity (Wildman–Crippen MR) is 75.8 cm³/mol. The second kappa shape index (κ2) is 6.64. The number of rotatable bonds is 7. The van der Waals surface area contributed by atoms with Gasteiger partial charge in [0.25, 0.3) is 0 Å². The number of nitrogens with one attached hydrogen (secondary N) is 2. The van der Waals surface area contributed by atoms with Crippen LogP contribution in [0.15, 0.2) is 43.3 Å². The Bertz CT molecular complexity index is 560. The normalized spacial score (nSPS) is 10.3. The minimum absolute atomic E-state index is 0.0309. The van der Waals surface area contributed by atoms with Crippen molar-refractivity contribution in [3.05, 3.63) is 48.9 Å². The summed E-state index contributed by atoms with van der Waals surface area (Å²) in [5, 5.41) is 3.98. The lowest BCUT2D eigenvalue weighted by Crippen LogP contribution is -2.26. The molecule has 0 bridgehead atoms. The highest BCUT2D eigenvalue weighted by Gasteiger charge is 2.07. The van der Waals surface area contributed by atoms with Crippen LogP contribution in [-0.2, 0) is 16.0 Å². The van der Waals surface area contributed by atoms with Crippen molar-refractivity contribution >= 4 is 16.8 Å². The van der Waals surface area contributed by atoms with Crippen molar-refractivity contribution in [1.82, 2.24) is 10.3 Å². The molecule has 0 fully saturated rings. The Morgan fingerprint density at radius 2 is 2.26 bits per heavy atom. The Hall–Kier alpha value is -2.23. The van der Waals surface area contributed by atoms with Crippen molar-refractivity contribution in [2.75, 3.05) is 13.2 Å². The lowest BCUT2D eigenvalue weighted by Gasteiger charge is -2.04. The molecule has 0 saturated carbocycles. The van der Waals surface area contributed by atoms with E-state index >= 15 is 0 Å². The standard InChI is InChI=1S/C15H18N2O2/c1-2-19-9-5-8-16-15(18)10-12-11-17-14-7-4-3-6-13(12)14/h2-4,6-7,11,17H,1,5,8-10H2,(H,16,18). The maximum Gasteiger partial charge on any atom is 0.224 e. The fourth-order valence-corrected chi connectivity index (χ4v) is 1.98. The smallest absolute Gasteiger partial charge is 0.224 e. The molecule has 19 heavy (non-hydrogen) atoms. The maximum atomic E-state index is 11.8. The number of aromatic amines is 1. The molecule has 4 heteroatoms. The maximum absolute atomic E-state index is 11.8. The molecule has 1 aromatic carbocycles. The minimum Gasteiger partial charge on any atom is -0.502 e. The lowest BCUT2D eigenvalue weighted by molar-refractivity contribution is -0.120. The van der Waals surface area contributed by atoms with Crippen molar-refractivity contribution in [2.45, 2.75) is 12.8 Å². The number of fused-ring (bicyclic) bond motifs is 1. The molecule has 0 saturated heterocycles. The number of H-pyrrole nitrogens is 1. The van der Waals surface area contributed by atoms with E-state index in [-0.39, 0.29) is 5.91 Å². The van der Waals surface area contributed by atoms with E-state index in [0.29, 0.717) is 19.6 Å². The van der Waals surface area contributed by atoms with Gasteiger partial charge in [0, 0.05) is 23.6 Å². The van der Waals surface area contributed by atoms with Gasteiger partial charge in [-0.05, 0) is 18.1 Å². The van der Waals surface area contributed by atoms with E-state index in [4.69, 9.17) is 4.74 Å². The van der Waals surface area contributed by atoms with Gasteiger partial charge in [0.2, 0.25) is 5.91 Å². The number of hydrogen-bond acceptors (Lipinski definition) is 2. The van der Waals surface area contributed by atoms with Gasteiger partial charge in [-0.2, -0.15) is 0 Å². The number of carbonyl (C=O) groups is 1. The molecule has 0 spiro atoms. The van der Waals surface area contributed by atoms with E-state index in [1.807, 2.05) is 30.5 Å². The summed E-state index contributed by atoms with van der Waals surface area (Å²) in [4.78, 5) is 15.0. The molecule has 0 aliphatic heterocycles. The Morgan fingerprint density at radius 3 is 3.11 bits per heavy atom. The topological polar surface area (TPSA) is 54.1 Å². The molecule has 1 aromatic heterocycles. The molecule has 0 unspecified atom stereocenters. The van der Waals surface area contributed by atoms with E-state index < -0.39 is 0 Å². The molecular formula is C15H18N2O2. The highest BCUT2D eigenvalue weighted by molar-refractivity contribution is 5.88. The number of hydrogen-bond donors (Lipinski definition) is 2. The molecule has 2 aromatic rings. The summed E-state index contributed by atoms with van der Waals surface area (Å²) >= 11 is 0. The van der Waals surface area contributed by atoms with Crippen LogP contribution in [0.25, 0.3) is 10.9 Å². The predicted octanol–water partition coefficient (Wildman–Crippen LogP) is 2.38. The second-order valence-electron chi connectivity index (χ2n) is 4.28. The van der Waals surface area contributed by atoms with E-state index in [9.17, 15) is 4.79 Å². The average Bonchev–Trinajstić information content (AvgIpc) is 2.82. The largest absolute Gasteiger partial charge is 0.502 e. The van der Waals surface area contributed by atoms with E-state index in [0.717, 1.165) is 22.9 Å². The summed E-state index contributed by atoms with van der Waals surface area (Å²) < 4.78 is 4.99. The molecule has 0 aliphatic carbocycles. The van der Waals surface area contributed by atoms with Crippen LogP contribution in [0.3, 0.4) is 0 Å². The third-order valence-corrected chi connectivity index (χ3v) is 2.90. The van der Waals surface area contributed by atoms with Crippen molar-refractivity contribution < 1.29 is 9.53 Å². The monoisotopic (exact) mass is 258 g/mol. The number of para-hydroxylation sites is 1. The van der Waals surface area contributed by atoms with Crippen LogP contribution in [0.4, 0.5) is 0 Å². The third-order valence-electron chi connectivity index (χ3n) is 2.90. The molecule has 1 heterocycles. The first-order valence-electron chi connectivity index (χ1n) is 6.35. The fourth-order valence-electron chi connectivity index (χ4n) is 1.98. The molecule has 0 aliphatic rings. The Balaban J connectivity index is 1.83. The molecule has 4 nitrogen and oxygen atoms in total. The second-order valence-corrected chi connectivity index (χ2v) is 4.28. The number of amides is 1. The highest BCUT2D eigenvalue weighted by Crippen LogP contribution is 2.17. The number of aromatic nitrogens is 1. The van der Waals surface area contributed by atoms with E-state index in [1.165, 1.54) is 6.26 Å². The SMILES string of the molecule is C=COCCCNC(=O)Cc1c[nH]c2ccccc12. The highest BCUT2D eigenvalue weighted by atomic mass is 16.5. The van der Waals surface area contributed by atoms with Crippen LogP contribution in [0.1, 0.15) is 12.0 Å². The summed E-state index contributed by atoms with van der Waals surface area (Å²) in [6, 6.07) is 7.97. The van der Waals surface area contributed by atoms with Gasteiger partial charge in [-0.1, -0.05) is 24.8 Å². The van der Waals surface area contributed by atoms with Gasteiger partial charge in [-0.3, -0.25) is 4.79 Å². The Labute approximate surface area is 112 Å². The molecule has 0 atom stereocenters. The quantitative estimate of drug-likeness (QED) is 0.592. The first-order chi connectivity index (χ1) is 9.31. The van der Waals surface area contributed by atoms with Crippen LogP contribution in [-0.4, -0.2) is 24.0 Å². The molecule has 1 amide bonds.